The van der Waals surface area contributed by atoms with Crippen LogP contribution in [-0.2, 0) is 0 Å². The van der Waals surface area contributed by atoms with E-state index in [4.69, 9.17) is 11.6 Å². The van der Waals surface area contributed by atoms with Crippen LogP contribution in [0.15, 0.2) is 34.4 Å². The lowest BCUT2D eigenvalue weighted by atomic mass is 10.1. The summed E-state index contributed by atoms with van der Waals surface area (Å²) in [5.74, 6) is 0. The smallest absolute Gasteiger partial charge is 0.121 e. The summed E-state index contributed by atoms with van der Waals surface area (Å²) >= 11 is 7.37. The van der Waals surface area contributed by atoms with E-state index < -0.39 is 0 Å². The van der Waals surface area contributed by atoms with Gasteiger partial charge in [0.1, 0.15) is 16.1 Å². The van der Waals surface area contributed by atoms with Crippen LogP contribution in [0.1, 0.15) is 16.8 Å². The molecule has 0 aliphatic heterocycles. The van der Waals surface area contributed by atoms with Crippen LogP contribution in [-0.4, -0.2) is 9.97 Å². The van der Waals surface area contributed by atoms with Gasteiger partial charge in [0.15, 0.2) is 0 Å². The first kappa shape index (κ1) is 12.9. The molecule has 0 N–H and O–H groups in total. The van der Waals surface area contributed by atoms with Gasteiger partial charge in [0.25, 0.3) is 0 Å². The Balaban J connectivity index is 2.47. The summed E-state index contributed by atoms with van der Waals surface area (Å²) in [5.41, 5.74) is 2.37. The van der Waals surface area contributed by atoms with E-state index in [1.165, 1.54) is 11.8 Å². The van der Waals surface area contributed by atoms with E-state index in [2.05, 4.69) is 16.0 Å². The fraction of sp³-hybridized carbons (Fsp3) is 0.154. The second kappa shape index (κ2) is 5.38. The van der Waals surface area contributed by atoms with Crippen LogP contribution in [0, 0.1) is 25.2 Å². The minimum atomic E-state index is 0.562. The Morgan fingerprint density at radius 3 is 2.78 bits per heavy atom. The molecular formula is C13H10ClN3S. The molecule has 0 radical (unpaired) electrons. The van der Waals surface area contributed by atoms with Crippen LogP contribution < -0.4 is 0 Å². The zero-order valence-electron chi connectivity index (χ0n) is 9.94. The Kier molecular flexibility index (Phi) is 3.85. The van der Waals surface area contributed by atoms with Crippen LogP contribution in [0.4, 0.5) is 0 Å². The van der Waals surface area contributed by atoms with Gasteiger partial charge in [-0.05, 0) is 49.4 Å². The summed E-state index contributed by atoms with van der Waals surface area (Å²) in [5, 5.41) is 11.1. The minimum Gasteiger partial charge on any atom is -0.248 e. The molecule has 2 aromatic heterocycles. The summed E-state index contributed by atoms with van der Waals surface area (Å²) in [4.78, 5) is 8.57. The maximum atomic E-state index is 9.18. The van der Waals surface area contributed by atoms with Crippen molar-refractivity contribution in [1.82, 2.24) is 9.97 Å². The molecule has 0 aromatic carbocycles. The molecule has 0 atom stereocenters. The Hall–Kier alpha value is -1.57. The quantitative estimate of drug-likeness (QED) is 0.837. The molecule has 2 rings (SSSR count). The fourth-order valence-electron chi connectivity index (χ4n) is 1.55. The van der Waals surface area contributed by atoms with E-state index in [0.29, 0.717) is 20.6 Å². The zero-order chi connectivity index (χ0) is 13.1. The number of pyridine rings is 2. The van der Waals surface area contributed by atoms with Gasteiger partial charge in [0, 0.05) is 11.9 Å². The van der Waals surface area contributed by atoms with Gasteiger partial charge in [0.05, 0.1) is 10.6 Å². The molecule has 18 heavy (non-hydrogen) atoms. The number of nitrogens with zero attached hydrogens (tertiary/aromatic N) is 3. The average Bonchev–Trinajstić information content (AvgIpc) is 2.31. The number of hydrogen-bond donors (Lipinski definition) is 0. The van der Waals surface area contributed by atoms with E-state index in [9.17, 15) is 5.26 Å². The largest absolute Gasteiger partial charge is 0.248 e. The van der Waals surface area contributed by atoms with Crippen molar-refractivity contribution in [2.45, 2.75) is 23.9 Å². The molecule has 2 heterocycles. The summed E-state index contributed by atoms with van der Waals surface area (Å²) in [6.45, 7) is 3.80. The molecule has 5 heteroatoms. The van der Waals surface area contributed by atoms with Crippen LogP contribution in [0.2, 0.25) is 5.02 Å². The summed E-state index contributed by atoms with van der Waals surface area (Å²) < 4.78 is 0. The van der Waals surface area contributed by atoms with Gasteiger partial charge < -0.3 is 0 Å². The van der Waals surface area contributed by atoms with E-state index in [1.54, 1.807) is 18.3 Å². The number of halogens is 1. The average molecular weight is 276 g/mol. The Morgan fingerprint density at radius 1 is 1.33 bits per heavy atom. The van der Waals surface area contributed by atoms with Gasteiger partial charge in [-0.25, -0.2) is 9.97 Å². The van der Waals surface area contributed by atoms with Crippen molar-refractivity contribution in [3.05, 3.63) is 46.2 Å². The molecule has 0 saturated carbocycles. The minimum absolute atomic E-state index is 0.562. The van der Waals surface area contributed by atoms with Crippen LogP contribution in [0.5, 0.6) is 0 Å². The first-order valence-electron chi connectivity index (χ1n) is 5.28. The number of aromatic nitrogens is 2. The molecule has 0 unspecified atom stereocenters. The first-order chi connectivity index (χ1) is 8.61. The molecular weight excluding hydrogens is 266 g/mol. The molecule has 0 bridgehead atoms. The molecule has 0 amide bonds. The van der Waals surface area contributed by atoms with Crippen molar-refractivity contribution in [3.8, 4) is 6.07 Å². The fourth-order valence-corrected chi connectivity index (χ4v) is 2.75. The second-order valence-corrected chi connectivity index (χ2v) is 5.15. The molecule has 90 valence electrons. The van der Waals surface area contributed by atoms with Crippen LogP contribution >= 0.6 is 23.4 Å². The second-order valence-electron chi connectivity index (χ2n) is 3.76. The van der Waals surface area contributed by atoms with Crippen molar-refractivity contribution in [2.75, 3.05) is 0 Å². The first-order valence-corrected chi connectivity index (χ1v) is 6.48. The molecule has 0 aliphatic rings. The molecule has 2 aromatic rings. The monoisotopic (exact) mass is 275 g/mol. The van der Waals surface area contributed by atoms with Gasteiger partial charge in [-0.2, -0.15) is 5.26 Å². The van der Waals surface area contributed by atoms with Crippen molar-refractivity contribution in [3.63, 3.8) is 0 Å². The van der Waals surface area contributed by atoms with Gasteiger partial charge in [0.2, 0.25) is 0 Å². The van der Waals surface area contributed by atoms with Crippen molar-refractivity contribution >= 4 is 23.4 Å². The molecule has 3 nitrogen and oxygen atoms in total. The number of hydrogen-bond acceptors (Lipinski definition) is 4. The van der Waals surface area contributed by atoms with Crippen molar-refractivity contribution in [1.29, 1.82) is 5.26 Å². The molecule has 0 fully saturated rings. The van der Waals surface area contributed by atoms with Gasteiger partial charge >= 0.3 is 0 Å². The van der Waals surface area contributed by atoms with Crippen molar-refractivity contribution < 1.29 is 0 Å². The molecule has 0 spiro atoms. The Morgan fingerprint density at radius 2 is 2.11 bits per heavy atom. The summed E-state index contributed by atoms with van der Waals surface area (Å²) in [7, 11) is 0. The molecule has 0 aliphatic carbocycles. The third kappa shape index (κ3) is 2.63. The maximum absolute atomic E-state index is 9.18. The van der Waals surface area contributed by atoms with E-state index in [1.807, 2.05) is 19.9 Å². The summed E-state index contributed by atoms with van der Waals surface area (Å²) in [6, 6.07) is 7.61. The third-order valence-electron chi connectivity index (χ3n) is 2.34. The Labute approximate surface area is 115 Å². The van der Waals surface area contributed by atoms with Gasteiger partial charge in [-0.15, -0.1) is 0 Å². The zero-order valence-corrected chi connectivity index (χ0v) is 11.5. The third-order valence-corrected chi connectivity index (χ3v) is 3.77. The van der Waals surface area contributed by atoms with E-state index >= 15 is 0 Å². The number of rotatable bonds is 2. The van der Waals surface area contributed by atoms with E-state index in [-0.39, 0.29) is 0 Å². The normalized spacial score (nSPS) is 10.1. The van der Waals surface area contributed by atoms with Crippen LogP contribution in [0.25, 0.3) is 0 Å². The van der Waals surface area contributed by atoms with Gasteiger partial charge in [-0.1, -0.05) is 11.6 Å². The number of nitriles is 1. The highest BCUT2D eigenvalue weighted by Crippen LogP contribution is 2.33. The predicted octanol–water partition coefficient (Wildman–Crippen LogP) is 3.77. The highest BCUT2D eigenvalue weighted by Gasteiger charge is 2.12. The lowest BCUT2D eigenvalue weighted by Crippen LogP contribution is -1.94. The molecule has 0 saturated heterocycles. The van der Waals surface area contributed by atoms with Crippen molar-refractivity contribution in [2.24, 2.45) is 0 Å². The number of aryl methyl sites for hydroxylation is 2. The van der Waals surface area contributed by atoms with Crippen LogP contribution in [0.3, 0.4) is 0 Å². The topological polar surface area (TPSA) is 49.6 Å². The SMILES string of the molecule is Cc1cc(C)c(C#N)c(Sc2ncccc2Cl)n1. The predicted molar refractivity (Wildman–Crippen MR) is 71.8 cm³/mol. The Bertz CT molecular complexity index is 635. The lowest BCUT2D eigenvalue weighted by Gasteiger charge is -2.07. The highest BCUT2D eigenvalue weighted by atomic mass is 35.5. The highest BCUT2D eigenvalue weighted by molar-refractivity contribution is 7.99. The standard InChI is InChI=1S/C13H10ClN3S/c1-8-6-9(2)17-12(10(8)7-15)18-13-11(14)4-3-5-16-13/h3-6H,1-2H3. The van der Waals surface area contributed by atoms with Gasteiger partial charge in [-0.3, -0.25) is 0 Å². The van der Waals surface area contributed by atoms with E-state index in [0.717, 1.165) is 11.3 Å². The maximum Gasteiger partial charge on any atom is 0.121 e. The lowest BCUT2D eigenvalue weighted by molar-refractivity contribution is 1.02. The summed E-state index contributed by atoms with van der Waals surface area (Å²) in [6.07, 6.45) is 1.67.